The van der Waals surface area contributed by atoms with Crippen molar-refractivity contribution in [2.45, 2.75) is 19.2 Å². The van der Waals surface area contributed by atoms with Gasteiger partial charge in [0.2, 0.25) is 5.75 Å². The normalized spacial score (nSPS) is 12.0. The highest BCUT2D eigenvalue weighted by atomic mass is 19.4. The van der Waals surface area contributed by atoms with Crippen LogP contribution >= 0.6 is 0 Å². The van der Waals surface area contributed by atoms with E-state index in [9.17, 15) is 28.1 Å². The van der Waals surface area contributed by atoms with Crippen LogP contribution in [0.4, 0.5) is 18.9 Å². The van der Waals surface area contributed by atoms with Gasteiger partial charge in [0.15, 0.2) is 6.10 Å². The zero-order valence-electron chi connectivity index (χ0n) is 14.1. The number of aliphatic carboxylic acids is 1. The molecule has 0 radical (unpaired) electrons. The molecule has 0 spiro atoms. The Morgan fingerprint density at radius 1 is 1.25 bits per heavy atom. The molecule has 0 aliphatic carbocycles. The lowest BCUT2D eigenvalue weighted by Gasteiger charge is -2.14. The number of carboxylic acid groups (broad SMARTS) is 1. The molecule has 1 N–H and O–H groups in total. The molecule has 0 saturated carbocycles. The number of alkyl halides is 3. The van der Waals surface area contributed by atoms with Crippen LogP contribution in [0, 0.1) is 21.4 Å². The molecule has 2 rings (SSSR count). The second-order valence-electron chi connectivity index (χ2n) is 5.41. The van der Waals surface area contributed by atoms with Gasteiger partial charge in [-0.1, -0.05) is 0 Å². The molecule has 28 heavy (non-hydrogen) atoms. The fourth-order valence-corrected chi connectivity index (χ4v) is 2.05. The summed E-state index contributed by atoms with van der Waals surface area (Å²) in [5.41, 5.74) is -2.16. The number of hydrogen-bond donors (Lipinski definition) is 1. The van der Waals surface area contributed by atoms with E-state index < -0.39 is 40.2 Å². The average Bonchev–Trinajstić information content (AvgIpc) is 2.61. The smallest absolute Gasteiger partial charge is 0.416 e. The van der Waals surface area contributed by atoms with E-state index in [4.69, 9.17) is 19.8 Å². The standard InChI is InChI=1S/C17H11F3N2O6/c1-9(16(23)24)27-15-7-12(4-2-10(15)8-21)28-14-5-3-11(17(18,19)20)6-13(14)22(25)26/h2-7,9H,1H3,(H,23,24). The minimum Gasteiger partial charge on any atom is -0.479 e. The van der Waals surface area contributed by atoms with Gasteiger partial charge < -0.3 is 14.6 Å². The number of halogens is 3. The number of benzene rings is 2. The zero-order valence-corrected chi connectivity index (χ0v) is 14.1. The summed E-state index contributed by atoms with van der Waals surface area (Å²) in [6, 6.07) is 7.09. The molecule has 0 heterocycles. The minimum atomic E-state index is -4.77. The number of rotatable bonds is 6. The highest BCUT2D eigenvalue weighted by molar-refractivity contribution is 5.72. The van der Waals surface area contributed by atoms with Crippen molar-refractivity contribution in [2.24, 2.45) is 0 Å². The van der Waals surface area contributed by atoms with E-state index in [2.05, 4.69) is 0 Å². The van der Waals surface area contributed by atoms with Gasteiger partial charge in [-0.15, -0.1) is 0 Å². The summed E-state index contributed by atoms with van der Waals surface area (Å²) in [4.78, 5) is 21.0. The van der Waals surface area contributed by atoms with Crippen LogP contribution < -0.4 is 9.47 Å². The maximum atomic E-state index is 12.8. The first-order valence-electron chi connectivity index (χ1n) is 7.50. The van der Waals surface area contributed by atoms with Crippen LogP contribution in [0.15, 0.2) is 36.4 Å². The van der Waals surface area contributed by atoms with E-state index in [0.29, 0.717) is 12.1 Å². The summed E-state index contributed by atoms with van der Waals surface area (Å²) in [6.07, 6.45) is -6.08. The van der Waals surface area contributed by atoms with Crippen molar-refractivity contribution in [3.8, 4) is 23.3 Å². The molecular formula is C17H11F3N2O6. The molecular weight excluding hydrogens is 385 g/mol. The number of carbonyl (C=O) groups is 1. The van der Waals surface area contributed by atoms with Crippen molar-refractivity contribution in [3.63, 3.8) is 0 Å². The highest BCUT2D eigenvalue weighted by Gasteiger charge is 2.33. The molecule has 146 valence electrons. The number of nitro groups is 1. The number of hydrogen-bond acceptors (Lipinski definition) is 6. The molecule has 2 aromatic carbocycles. The maximum absolute atomic E-state index is 12.8. The van der Waals surface area contributed by atoms with Crippen LogP contribution in [0.5, 0.6) is 17.2 Å². The number of nitro benzene ring substituents is 1. The van der Waals surface area contributed by atoms with Crippen LogP contribution in [0.1, 0.15) is 18.1 Å². The van der Waals surface area contributed by atoms with E-state index in [1.807, 2.05) is 0 Å². The molecule has 0 fully saturated rings. The van der Waals surface area contributed by atoms with Crippen LogP contribution in [-0.2, 0) is 11.0 Å². The van der Waals surface area contributed by atoms with Crippen LogP contribution in [0.25, 0.3) is 0 Å². The summed E-state index contributed by atoms with van der Waals surface area (Å²) >= 11 is 0. The molecule has 0 saturated heterocycles. The van der Waals surface area contributed by atoms with E-state index in [1.165, 1.54) is 19.1 Å². The molecule has 1 atom stereocenters. The Kier molecular flexibility index (Phi) is 5.73. The monoisotopic (exact) mass is 396 g/mol. The quantitative estimate of drug-likeness (QED) is 0.575. The van der Waals surface area contributed by atoms with Gasteiger partial charge in [-0.25, -0.2) is 4.79 Å². The lowest BCUT2D eigenvalue weighted by Crippen LogP contribution is -2.23. The van der Waals surface area contributed by atoms with E-state index >= 15 is 0 Å². The second-order valence-corrected chi connectivity index (χ2v) is 5.41. The fraction of sp³-hybridized carbons (Fsp3) is 0.176. The molecule has 1 unspecified atom stereocenters. The number of ether oxygens (including phenoxy) is 2. The van der Waals surface area contributed by atoms with E-state index in [1.54, 1.807) is 6.07 Å². The molecule has 8 nitrogen and oxygen atoms in total. The third-order valence-electron chi connectivity index (χ3n) is 3.44. The first-order valence-corrected chi connectivity index (χ1v) is 7.50. The van der Waals surface area contributed by atoms with Gasteiger partial charge in [0.1, 0.15) is 17.6 Å². The third kappa shape index (κ3) is 4.67. The highest BCUT2D eigenvalue weighted by Crippen LogP contribution is 2.38. The summed E-state index contributed by atoms with van der Waals surface area (Å²) < 4.78 is 48.7. The van der Waals surface area contributed by atoms with Crippen molar-refractivity contribution < 1.29 is 37.5 Å². The zero-order chi connectivity index (χ0) is 21.1. The molecule has 0 aliphatic rings. The Morgan fingerprint density at radius 3 is 2.46 bits per heavy atom. The van der Waals surface area contributed by atoms with Gasteiger partial charge >= 0.3 is 17.8 Å². The lowest BCUT2D eigenvalue weighted by molar-refractivity contribution is -0.385. The van der Waals surface area contributed by atoms with Crippen LogP contribution in [-0.4, -0.2) is 22.1 Å². The Hall–Kier alpha value is -3.81. The van der Waals surface area contributed by atoms with Gasteiger partial charge in [-0.2, -0.15) is 18.4 Å². The van der Waals surface area contributed by atoms with Gasteiger partial charge in [-0.3, -0.25) is 10.1 Å². The van der Waals surface area contributed by atoms with Gasteiger partial charge in [0.05, 0.1) is 16.1 Å². The number of nitrogens with zero attached hydrogens (tertiary/aromatic N) is 2. The summed E-state index contributed by atoms with van der Waals surface area (Å²) in [5, 5.41) is 29.1. The molecule has 0 bridgehead atoms. The van der Waals surface area contributed by atoms with E-state index in [-0.39, 0.29) is 17.1 Å². The summed E-state index contributed by atoms with van der Waals surface area (Å²) in [5.74, 6) is -2.03. The van der Waals surface area contributed by atoms with Crippen molar-refractivity contribution in [1.29, 1.82) is 5.26 Å². The minimum absolute atomic E-state index is 0.0256. The van der Waals surface area contributed by atoms with Gasteiger partial charge in [-0.05, 0) is 31.2 Å². The molecule has 2 aromatic rings. The van der Waals surface area contributed by atoms with Crippen molar-refractivity contribution in [3.05, 3.63) is 57.6 Å². The molecule has 0 aromatic heterocycles. The SMILES string of the molecule is CC(Oc1cc(Oc2ccc(C(F)(F)F)cc2[N+](=O)[O-])ccc1C#N)C(=O)O. The number of carboxylic acids is 1. The van der Waals surface area contributed by atoms with Gasteiger partial charge in [0.25, 0.3) is 0 Å². The summed E-state index contributed by atoms with van der Waals surface area (Å²) in [7, 11) is 0. The van der Waals surface area contributed by atoms with Crippen LogP contribution in [0.3, 0.4) is 0 Å². The van der Waals surface area contributed by atoms with Gasteiger partial charge in [0, 0.05) is 12.1 Å². The van der Waals surface area contributed by atoms with Crippen LogP contribution in [0.2, 0.25) is 0 Å². The Morgan fingerprint density at radius 2 is 1.93 bits per heavy atom. The Balaban J connectivity index is 2.41. The van der Waals surface area contributed by atoms with Crippen molar-refractivity contribution in [1.82, 2.24) is 0 Å². The fourth-order valence-electron chi connectivity index (χ4n) is 2.05. The lowest BCUT2D eigenvalue weighted by atomic mass is 10.1. The molecule has 0 amide bonds. The van der Waals surface area contributed by atoms with Crippen molar-refractivity contribution >= 4 is 11.7 Å². The first-order chi connectivity index (χ1) is 13.0. The predicted octanol–water partition coefficient (Wildman–Crippen LogP) is 4.13. The summed E-state index contributed by atoms with van der Waals surface area (Å²) in [6.45, 7) is 1.22. The topological polar surface area (TPSA) is 123 Å². The molecule has 11 heteroatoms. The third-order valence-corrected chi connectivity index (χ3v) is 3.44. The first kappa shape index (κ1) is 20.5. The Labute approximate surface area is 155 Å². The average molecular weight is 396 g/mol. The predicted molar refractivity (Wildman–Crippen MR) is 87.1 cm³/mol. The van der Waals surface area contributed by atoms with E-state index in [0.717, 1.165) is 12.1 Å². The molecule has 0 aliphatic heterocycles. The second kappa shape index (κ2) is 7.83. The number of nitriles is 1. The largest absolute Gasteiger partial charge is 0.479 e. The maximum Gasteiger partial charge on any atom is 0.416 e. The van der Waals surface area contributed by atoms with Crippen molar-refractivity contribution in [2.75, 3.05) is 0 Å². The Bertz CT molecular complexity index is 968.